The maximum atomic E-state index is 13.8. The summed E-state index contributed by atoms with van der Waals surface area (Å²) in [5.41, 5.74) is 1.86. The van der Waals surface area contributed by atoms with E-state index < -0.39 is 6.04 Å². The van der Waals surface area contributed by atoms with Gasteiger partial charge in [0.25, 0.3) is 5.91 Å². The molecule has 1 fully saturated rings. The van der Waals surface area contributed by atoms with E-state index in [0.29, 0.717) is 34.2 Å². The van der Waals surface area contributed by atoms with Gasteiger partial charge < -0.3 is 14.2 Å². The molecule has 1 heterocycles. The summed E-state index contributed by atoms with van der Waals surface area (Å²) >= 11 is 0. The fraction of sp³-hybridized carbons (Fsp3) is 0.200. The lowest BCUT2D eigenvalue weighted by molar-refractivity contribution is -0.128. The molecule has 1 atom stereocenters. The van der Waals surface area contributed by atoms with Crippen LogP contribution in [0.25, 0.3) is 0 Å². The van der Waals surface area contributed by atoms with Gasteiger partial charge in [-0.05, 0) is 42.0 Å². The van der Waals surface area contributed by atoms with E-state index >= 15 is 0 Å². The molecule has 3 aromatic carbocycles. The van der Waals surface area contributed by atoms with Gasteiger partial charge in [-0.25, -0.2) is 0 Å². The molecule has 0 saturated carbocycles. The van der Waals surface area contributed by atoms with Gasteiger partial charge in [0.15, 0.2) is 0 Å². The molecule has 0 spiro atoms. The summed E-state index contributed by atoms with van der Waals surface area (Å²) in [6.07, 6.45) is 0. The third kappa shape index (κ3) is 3.85. The van der Waals surface area contributed by atoms with Crippen LogP contribution in [0.3, 0.4) is 0 Å². The highest BCUT2D eigenvalue weighted by molar-refractivity contribution is 6.15. The van der Waals surface area contributed by atoms with Gasteiger partial charge in [-0.15, -0.1) is 0 Å². The first-order valence-corrected chi connectivity index (χ1v) is 10.1. The summed E-state index contributed by atoms with van der Waals surface area (Å²) in [7, 11) is 4.66. The van der Waals surface area contributed by atoms with Gasteiger partial charge in [0, 0.05) is 11.8 Å². The van der Waals surface area contributed by atoms with Crippen molar-refractivity contribution in [2.75, 3.05) is 37.7 Å². The molecule has 3 aromatic rings. The molecule has 1 saturated heterocycles. The highest BCUT2D eigenvalue weighted by Crippen LogP contribution is 2.39. The van der Waals surface area contributed by atoms with Crippen LogP contribution in [0, 0.1) is 0 Å². The molecule has 2 amide bonds. The lowest BCUT2D eigenvalue weighted by Crippen LogP contribution is -2.56. The normalized spacial score (nSPS) is 16.2. The van der Waals surface area contributed by atoms with Crippen LogP contribution in [0.2, 0.25) is 0 Å². The molecular weight excluding hydrogens is 408 g/mol. The Labute approximate surface area is 186 Å². The molecule has 0 aliphatic carbocycles. The molecule has 4 rings (SSSR count). The number of carbonyl (C=O) groups excluding carboxylic acids is 2. The molecule has 0 N–H and O–H groups in total. The average molecular weight is 432 g/mol. The van der Waals surface area contributed by atoms with E-state index in [1.807, 2.05) is 30.3 Å². The molecule has 1 aliphatic heterocycles. The number of anilines is 2. The van der Waals surface area contributed by atoms with E-state index in [0.717, 1.165) is 0 Å². The summed E-state index contributed by atoms with van der Waals surface area (Å²) in [6, 6.07) is 20.7. The van der Waals surface area contributed by atoms with Gasteiger partial charge in [-0.1, -0.05) is 30.3 Å². The first kappa shape index (κ1) is 21.2. The SMILES string of the molecule is COc1ccc(C2C(=O)N(c3ccc(OC)cc3OC)CC(=O)N2c2ccccc2)cc1. The summed E-state index contributed by atoms with van der Waals surface area (Å²) in [5, 5.41) is 0. The highest BCUT2D eigenvalue weighted by Gasteiger charge is 2.42. The lowest BCUT2D eigenvalue weighted by Gasteiger charge is -2.40. The summed E-state index contributed by atoms with van der Waals surface area (Å²) < 4.78 is 16.0. The van der Waals surface area contributed by atoms with E-state index in [1.54, 1.807) is 61.6 Å². The predicted octanol–water partition coefficient (Wildman–Crippen LogP) is 3.83. The van der Waals surface area contributed by atoms with Crippen molar-refractivity contribution < 1.29 is 23.8 Å². The summed E-state index contributed by atoms with van der Waals surface area (Å²) in [6.45, 7) is -0.108. The largest absolute Gasteiger partial charge is 0.497 e. The number of methoxy groups -OCH3 is 3. The number of amides is 2. The number of carbonyl (C=O) groups is 2. The van der Waals surface area contributed by atoms with Crippen LogP contribution in [-0.4, -0.2) is 39.7 Å². The van der Waals surface area contributed by atoms with E-state index in [2.05, 4.69) is 0 Å². The molecule has 7 heteroatoms. The smallest absolute Gasteiger partial charge is 0.255 e. The maximum absolute atomic E-state index is 13.8. The van der Waals surface area contributed by atoms with Crippen molar-refractivity contribution in [3.05, 3.63) is 78.4 Å². The van der Waals surface area contributed by atoms with Gasteiger partial charge in [-0.2, -0.15) is 0 Å². The predicted molar refractivity (Wildman–Crippen MR) is 122 cm³/mol. The second kappa shape index (κ2) is 9.01. The van der Waals surface area contributed by atoms with Crippen molar-refractivity contribution in [2.24, 2.45) is 0 Å². The van der Waals surface area contributed by atoms with Crippen LogP contribution >= 0.6 is 0 Å². The molecule has 0 radical (unpaired) electrons. The minimum atomic E-state index is -0.837. The quantitative estimate of drug-likeness (QED) is 0.592. The monoisotopic (exact) mass is 432 g/mol. The van der Waals surface area contributed by atoms with E-state index in [4.69, 9.17) is 14.2 Å². The number of para-hydroxylation sites is 1. The zero-order valence-electron chi connectivity index (χ0n) is 18.1. The second-order valence-corrected chi connectivity index (χ2v) is 7.24. The number of nitrogens with zero attached hydrogens (tertiary/aromatic N) is 2. The van der Waals surface area contributed by atoms with Crippen LogP contribution in [0.1, 0.15) is 11.6 Å². The minimum absolute atomic E-state index is 0.108. The van der Waals surface area contributed by atoms with Crippen LogP contribution in [0.4, 0.5) is 11.4 Å². The Hall–Kier alpha value is -4.00. The van der Waals surface area contributed by atoms with E-state index in [-0.39, 0.29) is 18.4 Å². The number of hydrogen-bond acceptors (Lipinski definition) is 5. The number of ether oxygens (including phenoxy) is 3. The zero-order valence-corrected chi connectivity index (χ0v) is 18.1. The molecule has 1 unspecified atom stereocenters. The standard InChI is InChI=1S/C25H24N2O5/c1-30-19-11-9-17(10-12-19)24-25(29)26(21-14-13-20(31-2)15-22(21)32-3)16-23(28)27(24)18-7-5-4-6-8-18/h4-15,24H,16H2,1-3H3. The molecule has 164 valence electrons. The Kier molecular flexibility index (Phi) is 5.98. The average Bonchev–Trinajstić information content (AvgIpc) is 2.85. The van der Waals surface area contributed by atoms with Crippen molar-refractivity contribution in [2.45, 2.75) is 6.04 Å². The first-order valence-electron chi connectivity index (χ1n) is 10.1. The summed E-state index contributed by atoms with van der Waals surface area (Å²) in [4.78, 5) is 30.3. The zero-order chi connectivity index (χ0) is 22.7. The number of piperazine rings is 1. The second-order valence-electron chi connectivity index (χ2n) is 7.24. The highest BCUT2D eigenvalue weighted by atomic mass is 16.5. The molecule has 0 aromatic heterocycles. The molecular formula is C25H24N2O5. The fourth-order valence-electron chi connectivity index (χ4n) is 3.86. The number of benzene rings is 3. The molecule has 32 heavy (non-hydrogen) atoms. The third-order valence-corrected chi connectivity index (χ3v) is 5.46. The topological polar surface area (TPSA) is 68.3 Å². The Bertz CT molecular complexity index is 1110. The number of hydrogen-bond donors (Lipinski definition) is 0. The number of rotatable bonds is 6. The van der Waals surface area contributed by atoms with E-state index in [9.17, 15) is 9.59 Å². The van der Waals surface area contributed by atoms with Crippen LogP contribution in [0.5, 0.6) is 17.2 Å². The minimum Gasteiger partial charge on any atom is -0.497 e. The van der Waals surface area contributed by atoms with Gasteiger partial charge in [0.05, 0.1) is 27.0 Å². The van der Waals surface area contributed by atoms with Crippen molar-refractivity contribution in [1.82, 2.24) is 0 Å². The Morgan fingerprint density at radius 3 is 2.06 bits per heavy atom. The fourth-order valence-corrected chi connectivity index (χ4v) is 3.86. The van der Waals surface area contributed by atoms with Crippen molar-refractivity contribution in [3.63, 3.8) is 0 Å². The van der Waals surface area contributed by atoms with Crippen LogP contribution < -0.4 is 24.0 Å². The lowest BCUT2D eigenvalue weighted by atomic mass is 9.99. The van der Waals surface area contributed by atoms with Crippen LogP contribution in [0.15, 0.2) is 72.8 Å². The Morgan fingerprint density at radius 2 is 1.44 bits per heavy atom. The van der Waals surface area contributed by atoms with Crippen LogP contribution in [-0.2, 0) is 9.59 Å². The van der Waals surface area contributed by atoms with Gasteiger partial charge in [0.2, 0.25) is 5.91 Å². The first-order chi connectivity index (χ1) is 15.6. The van der Waals surface area contributed by atoms with Gasteiger partial charge >= 0.3 is 0 Å². The van der Waals surface area contributed by atoms with Gasteiger partial charge in [-0.3, -0.25) is 19.4 Å². The maximum Gasteiger partial charge on any atom is 0.255 e. The Balaban J connectivity index is 1.81. The molecule has 1 aliphatic rings. The Morgan fingerprint density at radius 1 is 0.781 bits per heavy atom. The molecule has 7 nitrogen and oxygen atoms in total. The third-order valence-electron chi connectivity index (χ3n) is 5.46. The van der Waals surface area contributed by atoms with E-state index in [1.165, 1.54) is 12.0 Å². The summed E-state index contributed by atoms with van der Waals surface area (Å²) in [5.74, 6) is 1.28. The van der Waals surface area contributed by atoms with Crippen molar-refractivity contribution >= 4 is 23.2 Å². The molecule has 0 bridgehead atoms. The van der Waals surface area contributed by atoms with Crippen molar-refractivity contribution in [3.8, 4) is 17.2 Å². The van der Waals surface area contributed by atoms with Gasteiger partial charge in [0.1, 0.15) is 29.8 Å². The van der Waals surface area contributed by atoms with Crippen molar-refractivity contribution in [1.29, 1.82) is 0 Å².